The molecule has 0 spiro atoms. The van der Waals surface area contributed by atoms with Crippen molar-refractivity contribution in [2.45, 2.75) is 13.3 Å². The summed E-state index contributed by atoms with van der Waals surface area (Å²) in [5.74, 6) is 0. The summed E-state index contributed by atoms with van der Waals surface area (Å²) in [6.07, 6.45) is 4.91. The Hall–Kier alpha value is -1.04. The van der Waals surface area contributed by atoms with E-state index in [2.05, 4.69) is 38.1 Å². The molecule has 11 heavy (non-hydrogen) atoms. The Labute approximate surface area is 68.6 Å². The van der Waals surface area contributed by atoms with E-state index in [1.807, 2.05) is 6.08 Å². The van der Waals surface area contributed by atoms with Crippen molar-refractivity contribution in [1.29, 1.82) is 0 Å². The lowest BCUT2D eigenvalue weighted by molar-refractivity contribution is 1.14. The van der Waals surface area contributed by atoms with E-state index >= 15 is 0 Å². The Morgan fingerprint density at radius 1 is 1.27 bits per heavy atom. The average Bonchev–Trinajstić information content (AvgIpc) is 2.07. The molecular weight excluding hydrogens is 132 g/mol. The van der Waals surface area contributed by atoms with Crippen LogP contribution in [0.2, 0.25) is 0 Å². The predicted octanol–water partition coefficient (Wildman–Crippen LogP) is 3.10. The molecule has 0 nitrogen and oxygen atoms in total. The van der Waals surface area contributed by atoms with Crippen molar-refractivity contribution in [2.24, 2.45) is 0 Å². The van der Waals surface area contributed by atoms with Crippen LogP contribution in [0.1, 0.15) is 18.1 Å². The van der Waals surface area contributed by atoms with Gasteiger partial charge in [-0.25, -0.2) is 0 Å². The van der Waals surface area contributed by atoms with Crippen molar-refractivity contribution in [1.82, 2.24) is 0 Å². The largest absolute Gasteiger partial charge is 0.0836 e. The molecule has 1 rings (SSSR count). The maximum Gasteiger partial charge on any atom is -0.0260 e. The average molecular weight is 145 g/mol. The zero-order chi connectivity index (χ0) is 8.10. The van der Waals surface area contributed by atoms with Crippen LogP contribution in [0.5, 0.6) is 0 Å². The molecule has 0 unspecified atom stereocenters. The minimum absolute atomic E-state index is 1.11. The molecule has 0 atom stereocenters. The summed E-state index contributed by atoms with van der Waals surface area (Å²) in [5, 5.41) is 0. The summed E-state index contributed by atoms with van der Waals surface area (Å²) >= 11 is 0. The highest BCUT2D eigenvalue weighted by Gasteiger charge is 1.87. The standard InChI is InChI=1S/C11H13/c1-3-5-11-8-6-10(4-2)7-9-11/h3,5-9H,1,4H2,2H3. The highest BCUT2D eigenvalue weighted by Crippen LogP contribution is 2.05. The van der Waals surface area contributed by atoms with Gasteiger partial charge in [0.15, 0.2) is 0 Å². The molecule has 0 bridgehead atoms. The maximum atomic E-state index is 3.64. The SMILES string of the molecule is [CH2]C=Cc1ccc(CC)cc1. The molecule has 1 radical (unpaired) electrons. The second kappa shape index (κ2) is 3.97. The number of allylic oxidation sites excluding steroid dienone is 1. The van der Waals surface area contributed by atoms with Gasteiger partial charge in [-0.2, -0.15) is 0 Å². The van der Waals surface area contributed by atoms with Crippen molar-refractivity contribution in [3.8, 4) is 0 Å². The molecule has 1 aromatic rings. The summed E-state index contributed by atoms with van der Waals surface area (Å²) in [4.78, 5) is 0. The van der Waals surface area contributed by atoms with Gasteiger partial charge in [-0.05, 0) is 24.5 Å². The van der Waals surface area contributed by atoms with Gasteiger partial charge in [0.2, 0.25) is 0 Å². The molecule has 1 aromatic carbocycles. The van der Waals surface area contributed by atoms with E-state index in [4.69, 9.17) is 0 Å². The van der Waals surface area contributed by atoms with Gasteiger partial charge in [0.1, 0.15) is 0 Å². The lowest BCUT2D eigenvalue weighted by atomic mass is 10.1. The summed E-state index contributed by atoms with van der Waals surface area (Å²) < 4.78 is 0. The molecule has 0 N–H and O–H groups in total. The first-order chi connectivity index (χ1) is 5.36. The zero-order valence-corrected chi connectivity index (χ0v) is 6.88. The van der Waals surface area contributed by atoms with Crippen LogP contribution < -0.4 is 0 Å². The van der Waals surface area contributed by atoms with Crippen LogP contribution in [0.25, 0.3) is 6.08 Å². The van der Waals surface area contributed by atoms with Crippen LogP contribution in [0.4, 0.5) is 0 Å². The quantitative estimate of drug-likeness (QED) is 0.600. The first-order valence-corrected chi connectivity index (χ1v) is 3.91. The monoisotopic (exact) mass is 145 g/mol. The summed E-state index contributed by atoms with van der Waals surface area (Å²) in [5.41, 5.74) is 2.60. The van der Waals surface area contributed by atoms with Crippen molar-refractivity contribution in [3.63, 3.8) is 0 Å². The summed E-state index contributed by atoms with van der Waals surface area (Å²) in [7, 11) is 0. The van der Waals surface area contributed by atoms with E-state index in [1.165, 1.54) is 11.1 Å². The first kappa shape index (κ1) is 8.06. The molecule has 57 valence electrons. The van der Waals surface area contributed by atoms with E-state index in [0.29, 0.717) is 0 Å². The fourth-order valence-corrected chi connectivity index (χ4v) is 1.00. The molecule has 0 heterocycles. The topological polar surface area (TPSA) is 0 Å². The van der Waals surface area contributed by atoms with Crippen LogP contribution >= 0.6 is 0 Å². The number of hydrogen-bond acceptors (Lipinski definition) is 0. The molecular formula is C11H13. The normalized spacial score (nSPS) is 10.7. The zero-order valence-electron chi connectivity index (χ0n) is 6.88. The van der Waals surface area contributed by atoms with Gasteiger partial charge in [-0.15, -0.1) is 0 Å². The minimum Gasteiger partial charge on any atom is -0.0836 e. The summed E-state index contributed by atoms with van der Waals surface area (Å²) in [6, 6.07) is 8.52. The van der Waals surface area contributed by atoms with Crippen molar-refractivity contribution in [2.75, 3.05) is 0 Å². The van der Waals surface area contributed by atoms with Crippen LogP contribution in [0, 0.1) is 6.92 Å². The Morgan fingerprint density at radius 3 is 2.36 bits per heavy atom. The molecule has 0 aromatic heterocycles. The minimum atomic E-state index is 1.11. The Morgan fingerprint density at radius 2 is 1.91 bits per heavy atom. The lowest BCUT2D eigenvalue weighted by Crippen LogP contribution is -1.78. The van der Waals surface area contributed by atoms with E-state index in [-0.39, 0.29) is 0 Å². The third kappa shape index (κ3) is 2.23. The number of rotatable bonds is 2. The third-order valence-electron chi connectivity index (χ3n) is 1.70. The molecule has 0 amide bonds. The highest BCUT2D eigenvalue weighted by atomic mass is 13.9. The van der Waals surface area contributed by atoms with Gasteiger partial charge < -0.3 is 0 Å². The molecule has 0 aliphatic heterocycles. The van der Waals surface area contributed by atoms with Crippen molar-refractivity contribution < 1.29 is 0 Å². The van der Waals surface area contributed by atoms with E-state index in [1.54, 1.807) is 6.08 Å². The fourth-order valence-electron chi connectivity index (χ4n) is 1.00. The molecule has 0 saturated heterocycles. The Balaban J connectivity index is 2.82. The predicted molar refractivity (Wildman–Crippen MR) is 50.2 cm³/mol. The van der Waals surface area contributed by atoms with Crippen LogP contribution in [0.3, 0.4) is 0 Å². The van der Waals surface area contributed by atoms with Crippen LogP contribution in [-0.4, -0.2) is 0 Å². The van der Waals surface area contributed by atoms with Crippen molar-refractivity contribution in [3.05, 3.63) is 48.4 Å². The molecule has 0 saturated carbocycles. The van der Waals surface area contributed by atoms with E-state index in [9.17, 15) is 0 Å². The van der Waals surface area contributed by atoms with E-state index < -0.39 is 0 Å². The maximum absolute atomic E-state index is 3.64. The van der Waals surface area contributed by atoms with Gasteiger partial charge in [-0.3, -0.25) is 0 Å². The van der Waals surface area contributed by atoms with E-state index in [0.717, 1.165) is 6.42 Å². The van der Waals surface area contributed by atoms with Gasteiger partial charge in [0.25, 0.3) is 0 Å². The Kier molecular flexibility index (Phi) is 2.91. The lowest BCUT2D eigenvalue weighted by Gasteiger charge is -1.95. The van der Waals surface area contributed by atoms with Gasteiger partial charge in [-0.1, -0.05) is 43.3 Å². The second-order valence-electron chi connectivity index (χ2n) is 2.50. The first-order valence-electron chi connectivity index (χ1n) is 3.91. The molecule has 0 heteroatoms. The number of hydrogen-bond donors (Lipinski definition) is 0. The molecule has 0 aliphatic rings. The molecule has 0 aliphatic carbocycles. The van der Waals surface area contributed by atoms with Gasteiger partial charge in [0, 0.05) is 0 Å². The molecule has 0 fully saturated rings. The smallest absolute Gasteiger partial charge is 0.0260 e. The fraction of sp³-hybridized carbons (Fsp3) is 0.182. The Bertz CT molecular complexity index is 229. The third-order valence-corrected chi connectivity index (χ3v) is 1.70. The summed E-state index contributed by atoms with van der Waals surface area (Å²) in [6.45, 7) is 5.80. The van der Waals surface area contributed by atoms with Crippen LogP contribution in [-0.2, 0) is 6.42 Å². The number of benzene rings is 1. The highest BCUT2D eigenvalue weighted by molar-refractivity contribution is 5.49. The number of aryl methyl sites for hydroxylation is 1. The second-order valence-corrected chi connectivity index (χ2v) is 2.50. The van der Waals surface area contributed by atoms with Crippen LogP contribution in [0.15, 0.2) is 30.3 Å². The van der Waals surface area contributed by atoms with Gasteiger partial charge in [0.05, 0.1) is 0 Å². The van der Waals surface area contributed by atoms with Gasteiger partial charge >= 0.3 is 0 Å². The van der Waals surface area contributed by atoms with Crippen molar-refractivity contribution >= 4 is 6.08 Å².